The first-order chi connectivity index (χ1) is 3.68. The molecule has 0 spiro atoms. The molecule has 4 nitrogen and oxygen atoms in total. The zero-order chi connectivity index (χ0) is 6.57. The molecule has 1 unspecified atom stereocenters. The second kappa shape index (κ2) is 3.27. The molecule has 0 aromatic carbocycles. The summed E-state index contributed by atoms with van der Waals surface area (Å²) in [6.07, 6.45) is 0. The van der Waals surface area contributed by atoms with E-state index in [4.69, 9.17) is 5.26 Å². The van der Waals surface area contributed by atoms with E-state index in [1.54, 1.807) is 5.40 Å². The third-order valence-electron chi connectivity index (χ3n) is 0.520. The quantitative estimate of drug-likeness (QED) is 0.241. The smallest absolute Gasteiger partial charge is 0.263 e. The van der Waals surface area contributed by atoms with Crippen LogP contribution in [-0.4, -0.2) is 10.3 Å². The van der Waals surface area contributed by atoms with Gasteiger partial charge in [-0.05, 0) is 0 Å². The fraction of sp³-hybridized carbons (Fsp3) is 0.667. The van der Waals surface area contributed by atoms with Crippen molar-refractivity contribution in [2.45, 2.75) is 12.3 Å². The molecule has 0 fully saturated rings. The summed E-state index contributed by atoms with van der Waals surface area (Å²) in [6.45, 7) is 1.37. The molecular weight excluding hydrogens is 128 g/mol. The van der Waals surface area contributed by atoms with Gasteiger partial charge < -0.3 is 0 Å². The predicted molar refractivity (Wildman–Crippen MR) is 29.7 cm³/mol. The Hall–Kier alpha value is -0.760. The highest BCUT2D eigenvalue weighted by atomic mass is 32.2. The van der Waals surface area contributed by atoms with Gasteiger partial charge in [-0.3, -0.25) is 10.1 Å². The van der Waals surface area contributed by atoms with Gasteiger partial charge in [0, 0.05) is 23.6 Å². The third kappa shape index (κ3) is 2.42. The SMILES string of the molecule is CC(SC#N)[N+](=O)[O-]. The Bertz CT molecular complexity index is 130. The highest BCUT2D eigenvalue weighted by Crippen LogP contribution is 2.06. The van der Waals surface area contributed by atoms with Gasteiger partial charge >= 0.3 is 0 Å². The van der Waals surface area contributed by atoms with Crippen LogP contribution in [0.1, 0.15) is 6.92 Å². The van der Waals surface area contributed by atoms with Gasteiger partial charge in [-0.25, -0.2) is 0 Å². The molecule has 0 aromatic heterocycles. The molecule has 0 aliphatic rings. The molecule has 0 rings (SSSR count). The van der Waals surface area contributed by atoms with E-state index in [2.05, 4.69) is 0 Å². The van der Waals surface area contributed by atoms with E-state index < -0.39 is 10.3 Å². The maximum Gasteiger partial charge on any atom is 0.268 e. The molecule has 0 radical (unpaired) electrons. The lowest BCUT2D eigenvalue weighted by Crippen LogP contribution is -2.08. The second-order valence-electron chi connectivity index (χ2n) is 1.09. The molecule has 1 atom stereocenters. The Balaban J connectivity index is 3.52. The Morgan fingerprint density at radius 2 is 2.50 bits per heavy atom. The van der Waals surface area contributed by atoms with Crippen molar-refractivity contribution < 1.29 is 4.92 Å². The zero-order valence-electron chi connectivity index (χ0n) is 4.20. The molecule has 0 N–H and O–H groups in total. The van der Waals surface area contributed by atoms with Gasteiger partial charge in [0.05, 0.1) is 0 Å². The van der Waals surface area contributed by atoms with Crippen LogP contribution in [0.5, 0.6) is 0 Å². The van der Waals surface area contributed by atoms with Gasteiger partial charge in [0.2, 0.25) is 0 Å². The lowest BCUT2D eigenvalue weighted by atomic mass is 10.8. The first-order valence-electron chi connectivity index (χ1n) is 1.86. The molecule has 8 heavy (non-hydrogen) atoms. The third-order valence-corrected chi connectivity index (χ3v) is 1.14. The molecule has 0 aliphatic carbocycles. The second-order valence-corrected chi connectivity index (χ2v) is 2.19. The van der Waals surface area contributed by atoms with Crippen LogP contribution in [0.2, 0.25) is 0 Å². The summed E-state index contributed by atoms with van der Waals surface area (Å²) in [5.41, 5.74) is 0. The van der Waals surface area contributed by atoms with Crippen molar-refractivity contribution in [3.63, 3.8) is 0 Å². The van der Waals surface area contributed by atoms with Crippen molar-refractivity contribution in [3.05, 3.63) is 10.1 Å². The lowest BCUT2D eigenvalue weighted by molar-refractivity contribution is -0.490. The highest BCUT2D eigenvalue weighted by molar-refractivity contribution is 8.04. The van der Waals surface area contributed by atoms with Gasteiger partial charge in [-0.15, -0.1) is 0 Å². The van der Waals surface area contributed by atoms with E-state index >= 15 is 0 Å². The minimum atomic E-state index is -0.806. The molecule has 44 valence electrons. The number of nitriles is 1. The van der Waals surface area contributed by atoms with Crippen molar-refractivity contribution >= 4 is 11.8 Å². The predicted octanol–water partition coefficient (Wildman–Crippen LogP) is 0.823. The van der Waals surface area contributed by atoms with E-state index in [0.717, 1.165) is 0 Å². The van der Waals surface area contributed by atoms with E-state index in [0.29, 0.717) is 11.8 Å². The topological polar surface area (TPSA) is 66.9 Å². The standard InChI is InChI=1S/C3H4N2O2S/c1-3(5(6)7)8-2-4/h3H,1H3. The largest absolute Gasteiger partial charge is 0.268 e. The fourth-order valence-corrected chi connectivity index (χ4v) is 0.358. The number of rotatable bonds is 2. The van der Waals surface area contributed by atoms with Crippen molar-refractivity contribution in [2.24, 2.45) is 0 Å². The Kier molecular flexibility index (Phi) is 2.96. The summed E-state index contributed by atoms with van der Waals surface area (Å²) in [5.74, 6) is 0. The summed E-state index contributed by atoms with van der Waals surface area (Å²) in [5, 5.41) is 18.4. The van der Waals surface area contributed by atoms with Crippen molar-refractivity contribution in [2.75, 3.05) is 0 Å². The van der Waals surface area contributed by atoms with Crippen LogP contribution in [0.15, 0.2) is 0 Å². The molecular formula is C3H4N2O2S. The van der Waals surface area contributed by atoms with E-state index in [-0.39, 0.29) is 0 Å². The number of nitro groups is 1. The van der Waals surface area contributed by atoms with Crippen LogP contribution < -0.4 is 0 Å². The molecule has 5 heteroatoms. The van der Waals surface area contributed by atoms with E-state index in [9.17, 15) is 10.1 Å². The summed E-state index contributed by atoms with van der Waals surface area (Å²) in [4.78, 5) is 9.22. The van der Waals surface area contributed by atoms with Crippen molar-refractivity contribution in [1.29, 1.82) is 5.26 Å². The van der Waals surface area contributed by atoms with E-state index in [1.807, 2.05) is 0 Å². The normalized spacial score (nSPS) is 12.0. The van der Waals surface area contributed by atoms with Gasteiger partial charge in [0.15, 0.2) is 0 Å². The van der Waals surface area contributed by atoms with Gasteiger partial charge in [-0.2, -0.15) is 5.26 Å². The van der Waals surface area contributed by atoms with Gasteiger partial charge in [0.25, 0.3) is 5.37 Å². The summed E-state index contributed by atoms with van der Waals surface area (Å²) < 4.78 is 0. The first kappa shape index (κ1) is 7.24. The Morgan fingerprint density at radius 3 is 2.62 bits per heavy atom. The van der Waals surface area contributed by atoms with Crippen LogP contribution in [0.4, 0.5) is 0 Å². The number of hydrogen-bond acceptors (Lipinski definition) is 4. The number of nitrogens with zero attached hydrogens (tertiary/aromatic N) is 2. The molecule has 0 amide bonds. The number of hydrogen-bond donors (Lipinski definition) is 0. The van der Waals surface area contributed by atoms with Crippen LogP contribution in [-0.2, 0) is 0 Å². The zero-order valence-corrected chi connectivity index (χ0v) is 5.01. The van der Waals surface area contributed by atoms with E-state index in [1.165, 1.54) is 6.92 Å². The first-order valence-corrected chi connectivity index (χ1v) is 2.74. The van der Waals surface area contributed by atoms with Gasteiger partial charge in [0.1, 0.15) is 5.40 Å². The van der Waals surface area contributed by atoms with Crippen LogP contribution in [0, 0.1) is 20.8 Å². The number of thioether (sulfide) groups is 1. The molecule has 0 aromatic rings. The Morgan fingerprint density at radius 1 is 2.00 bits per heavy atom. The summed E-state index contributed by atoms with van der Waals surface area (Å²) >= 11 is 0.646. The summed E-state index contributed by atoms with van der Waals surface area (Å²) in [6, 6.07) is 0. The molecule has 0 heterocycles. The monoisotopic (exact) mass is 132 g/mol. The average molecular weight is 132 g/mol. The molecule has 0 saturated heterocycles. The lowest BCUT2D eigenvalue weighted by Gasteiger charge is -1.92. The van der Waals surface area contributed by atoms with Crippen LogP contribution in [0.25, 0.3) is 0 Å². The van der Waals surface area contributed by atoms with Crippen molar-refractivity contribution in [3.8, 4) is 5.40 Å². The minimum absolute atomic E-state index is 0.506. The van der Waals surface area contributed by atoms with Gasteiger partial charge in [-0.1, -0.05) is 0 Å². The molecule has 0 aliphatic heterocycles. The van der Waals surface area contributed by atoms with Crippen molar-refractivity contribution in [1.82, 2.24) is 0 Å². The average Bonchev–Trinajstić information content (AvgIpc) is 1.67. The minimum Gasteiger partial charge on any atom is -0.263 e. The molecule has 0 bridgehead atoms. The molecule has 0 saturated carbocycles. The highest BCUT2D eigenvalue weighted by Gasteiger charge is 2.11. The summed E-state index contributed by atoms with van der Waals surface area (Å²) in [7, 11) is 0. The maximum atomic E-state index is 9.72. The van der Waals surface area contributed by atoms with Crippen LogP contribution >= 0.6 is 11.8 Å². The Labute approximate surface area is 50.6 Å². The fourth-order valence-electron chi connectivity index (χ4n) is 0.119. The van der Waals surface area contributed by atoms with Crippen LogP contribution in [0.3, 0.4) is 0 Å². The number of thiocyanates is 1. The maximum absolute atomic E-state index is 9.72.